The first-order valence-corrected chi connectivity index (χ1v) is 7.29. The van der Waals surface area contributed by atoms with Gasteiger partial charge in [0.1, 0.15) is 18.5 Å². The van der Waals surface area contributed by atoms with E-state index in [9.17, 15) is 14.0 Å². The zero-order valence-corrected chi connectivity index (χ0v) is 13.1. The van der Waals surface area contributed by atoms with E-state index < -0.39 is 23.9 Å². The van der Waals surface area contributed by atoms with Gasteiger partial charge in [0.05, 0.1) is 11.4 Å². The van der Waals surface area contributed by atoms with Crippen LogP contribution in [-0.4, -0.2) is 18.0 Å². The largest absolute Gasteiger partial charge is 0.445 e. The van der Waals surface area contributed by atoms with Crippen LogP contribution in [0.15, 0.2) is 48.5 Å². The van der Waals surface area contributed by atoms with Gasteiger partial charge in [-0.05, 0) is 30.7 Å². The standard InChI is InChI=1S/C17H18FN3O3/c1-11(16(22)21-15-9-13(18)7-8-14(15)19)20-17(23)24-10-12-5-3-2-4-6-12/h2-9,11H,10,19H2,1H3,(H,20,23)(H,21,22)/t11-/m0/s1. The van der Waals surface area contributed by atoms with E-state index in [1.807, 2.05) is 30.3 Å². The van der Waals surface area contributed by atoms with Gasteiger partial charge in [0.15, 0.2) is 0 Å². The predicted octanol–water partition coefficient (Wildman–Crippen LogP) is 2.66. The van der Waals surface area contributed by atoms with Crippen LogP contribution < -0.4 is 16.4 Å². The molecule has 2 rings (SSSR count). The molecular weight excluding hydrogens is 313 g/mol. The topological polar surface area (TPSA) is 93.4 Å². The van der Waals surface area contributed by atoms with Crippen LogP contribution in [0.4, 0.5) is 20.6 Å². The normalized spacial score (nSPS) is 11.4. The number of ether oxygens (including phenoxy) is 1. The van der Waals surface area contributed by atoms with Crippen molar-refractivity contribution in [2.45, 2.75) is 19.6 Å². The molecule has 126 valence electrons. The molecule has 0 radical (unpaired) electrons. The highest BCUT2D eigenvalue weighted by atomic mass is 19.1. The monoisotopic (exact) mass is 331 g/mol. The predicted molar refractivity (Wildman–Crippen MR) is 88.7 cm³/mol. The second kappa shape index (κ2) is 7.96. The van der Waals surface area contributed by atoms with E-state index in [4.69, 9.17) is 10.5 Å². The molecule has 7 heteroatoms. The van der Waals surface area contributed by atoms with Crippen LogP contribution >= 0.6 is 0 Å². The van der Waals surface area contributed by atoms with Crippen LogP contribution in [-0.2, 0) is 16.1 Å². The summed E-state index contributed by atoms with van der Waals surface area (Å²) in [5, 5.41) is 4.85. The van der Waals surface area contributed by atoms with Gasteiger partial charge >= 0.3 is 6.09 Å². The summed E-state index contributed by atoms with van der Waals surface area (Å²) in [5.41, 5.74) is 6.86. The summed E-state index contributed by atoms with van der Waals surface area (Å²) in [6, 6.07) is 11.9. The summed E-state index contributed by atoms with van der Waals surface area (Å²) in [4.78, 5) is 23.7. The minimum absolute atomic E-state index is 0.0951. The quantitative estimate of drug-likeness (QED) is 0.734. The zero-order valence-electron chi connectivity index (χ0n) is 13.1. The van der Waals surface area contributed by atoms with Crippen molar-refractivity contribution in [3.63, 3.8) is 0 Å². The molecule has 0 bridgehead atoms. The average Bonchev–Trinajstić information content (AvgIpc) is 2.57. The van der Waals surface area contributed by atoms with Gasteiger partial charge in [0.25, 0.3) is 0 Å². The van der Waals surface area contributed by atoms with E-state index in [-0.39, 0.29) is 18.0 Å². The zero-order chi connectivity index (χ0) is 17.5. The third-order valence-electron chi connectivity index (χ3n) is 3.21. The van der Waals surface area contributed by atoms with E-state index in [1.54, 1.807) is 0 Å². The summed E-state index contributed by atoms with van der Waals surface area (Å²) in [6.07, 6.45) is -0.728. The van der Waals surface area contributed by atoms with Crippen LogP contribution in [0.3, 0.4) is 0 Å². The highest BCUT2D eigenvalue weighted by Gasteiger charge is 2.17. The van der Waals surface area contributed by atoms with Crippen molar-refractivity contribution in [1.82, 2.24) is 5.32 Å². The summed E-state index contributed by atoms with van der Waals surface area (Å²) < 4.78 is 18.2. The third kappa shape index (κ3) is 4.98. The number of nitrogens with two attached hydrogens (primary N) is 1. The molecule has 0 heterocycles. The summed E-state index contributed by atoms with van der Waals surface area (Å²) in [7, 11) is 0. The van der Waals surface area contributed by atoms with Crippen LogP contribution in [0.25, 0.3) is 0 Å². The second-order valence-electron chi connectivity index (χ2n) is 5.15. The minimum Gasteiger partial charge on any atom is -0.445 e. The number of hydrogen-bond donors (Lipinski definition) is 3. The Morgan fingerprint density at radius 3 is 2.62 bits per heavy atom. The first kappa shape index (κ1) is 17.3. The van der Waals surface area contributed by atoms with Gasteiger partial charge < -0.3 is 21.1 Å². The number of nitrogen functional groups attached to an aromatic ring is 1. The maximum Gasteiger partial charge on any atom is 0.408 e. The molecule has 2 aromatic carbocycles. The molecular formula is C17H18FN3O3. The van der Waals surface area contributed by atoms with Gasteiger partial charge in [0.2, 0.25) is 5.91 Å². The van der Waals surface area contributed by atoms with E-state index in [0.717, 1.165) is 11.6 Å². The van der Waals surface area contributed by atoms with Crippen molar-refractivity contribution >= 4 is 23.4 Å². The molecule has 0 aliphatic heterocycles. The Labute approximate surface area is 138 Å². The smallest absolute Gasteiger partial charge is 0.408 e. The Morgan fingerprint density at radius 2 is 1.92 bits per heavy atom. The average molecular weight is 331 g/mol. The molecule has 2 amide bonds. The molecule has 2 aromatic rings. The number of nitrogens with one attached hydrogen (secondary N) is 2. The van der Waals surface area contributed by atoms with Crippen molar-refractivity contribution < 1.29 is 18.7 Å². The molecule has 6 nitrogen and oxygen atoms in total. The highest BCUT2D eigenvalue weighted by molar-refractivity contribution is 5.98. The van der Waals surface area contributed by atoms with E-state index >= 15 is 0 Å². The third-order valence-corrected chi connectivity index (χ3v) is 3.21. The van der Waals surface area contributed by atoms with Gasteiger partial charge in [-0.2, -0.15) is 0 Å². The molecule has 0 saturated carbocycles. The van der Waals surface area contributed by atoms with Crippen molar-refractivity contribution in [2.24, 2.45) is 0 Å². The number of rotatable bonds is 5. The lowest BCUT2D eigenvalue weighted by molar-refractivity contribution is -0.117. The maximum atomic E-state index is 13.2. The molecule has 0 aromatic heterocycles. The highest BCUT2D eigenvalue weighted by Crippen LogP contribution is 2.19. The molecule has 0 aliphatic rings. The number of halogens is 1. The molecule has 0 saturated heterocycles. The summed E-state index contributed by atoms with van der Waals surface area (Å²) in [5.74, 6) is -1.06. The van der Waals surface area contributed by atoms with Crippen molar-refractivity contribution in [2.75, 3.05) is 11.1 Å². The molecule has 0 fully saturated rings. The fourth-order valence-corrected chi connectivity index (χ4v) is 1.88. The van der Waals surface area contributed by atoms with Gasteiger partial charge in [0, 0.05) is 0 Å². The van der Waals surface area contributed by atoms with Crippen molar-refractivity contribution in [3.05, 3.63) is 59.9 Å². The van der Waals surface area contributed by atoms with Crippen LogP contribution in [0.2, 0.25) is 0 Å². The first-order valence-electron chi connectivity index (χ1n) is 7.29. The van der Waals surface area contributed by atoms with Crippen molar-refractivity contribution in [1.29, 1.82) is 0 Å². The molecule has 0 aliphatic carbocycles. The van der Waals surface area contributed by atoms with Crippen molar-refractivity contribution in [3.8, 4) is 0 Å². The lowest BCUT2D eigenvalue weighted by Gasteiger charge is -2.15. The Morgan fingerprint density at radius 1 is 1.21 bits per heavy atom. The van der Waals surface area contributed by atoms with Gasteiger partial charge in [-0.1, -0.05) is 30.3 Å². The molecule has 0 spiro atoms. The van der Waals surface area contributed by atoms with Crippen LogP contribution in [0, 0.1) is 5.82 Å². The lowest BCUT2D eigenvalue weighted by Crippen LogP contribution is -2.41. The minimum atomic E-state index is -0.879. The fraction of sp³-hybridized carbons (Fsp3) is 0.176. The molecule has 4 N–H and O–H groups in total. The number of carbonyl (C=O) groups excluding carboxylic acids is 2. The van der Waals surface area contributed by atoms with E-state index in [1.165, 1.54) is 19.1 Å². The molecule has 24 heavy (non-hydrogen) atoms. The molecule has 1 atom stereocenters. The number of alkyl carbamates (subject to hydrolysis) is 1. The summed E-state index contributed by atoms with van der Waals surface area (Å²) in [6.45, 7) is 1.58. The first-order chi connectivity index (χ1) is 11.5. The van der Waals surface area contributed by atoms with E-state index in [2.05, 4.69) is 10.6 Å². The van der Waals surface area contributed by atoms with Gasteiger partial charge in [-0.3, -0.25) is 4.79 Å². The van der Waals surface area contributed by atoms with Crippen LogP contribution in [0.1, 0.15) is 12.5 Å². The number of carbonyl (C=O) groups is 2. The summed E-state index contributed by atoms with van der Waals surface area (Å²) >= 11 is 0. The SMILES string of the molecule is C[C@H](NC(=O)OCc1ccccc1)C(=O)Nc1cc(F)ccc1N. The lowest BCUT2D eigenvalue weighted by atomic mass is 10.2. The Hall–Kier alpha value is -3.09. The maximum absolute atomic E-state index is 13.2. The Balaban J connectivity index is 1.84. The van der Waals surface area contributed by atoms with Crippen LogP contribution in [0.5, 0.6) is 0 Å². The number of anilines is 2. The van der Waals surface area contributed by atoms with E-state index in [0.29, 0.717) is 0 Å². The Kier molecular flexibility index (Phi) is 5.73. The van der Waals surface area contributed by atoms with Gasteiger partial charge in [-0.25, -0.2) is 9.18 Å². The number of benzene rings is 2. The van der Waals surface area contributed by atoms with Gasteiger partial charge in [-0.15, -0.1) is 0 Å². The Bertz CT molecular complexity index is 722. The number of hydrogen-bond acceptors (Lipinski definition) is 4. The second-order valence-corrected chi connectivity index (χ2v) is 5.15. The molecule has 0 unspecified atom stereocenters. The fourth-order valence-electron chi connectivity index (χ4n) is 1.88. The number of amides is 2.